The van der Waals surface area contributed by atoms with E-state index in [1.54, 1.807) is 7.05 Å². The van der Waals surface area contributed by atoms with Crippen molar-refractivity contribution in [1.82, 2.24) is 18.7 Å². The first kappa shape index (κ1) is 18.5. The molecule has 148 valence electrons. The Morgan fingerprint density at radius 3 is 2.39 bits per heavy atom. The maximum atomic E-state index is 13.2. The van der Waals surface area contributed by atoms with E-state index in [0.29, 0.717) is 30.2 Å². The Balaban J connectivity index is 1.89. The molecule has 0 fully saturated rings. The lowest BCUT2D eigenvalue weighted by atomic mass is 10.1. The molecule has 0 unspecified atom stereocenters. The molecule has 7 nitrogen and oxygen atoms in total. The summed E-state index contributed by atoms with van der Waals surface area (Å²) in [5.41, 5.74) is 3.89. The molecule has 0 spiro atoms. The molecule has 0 amide bonds. The van der Waals surface area contributed by atoms with Crippen molar-refractivity contribution in [2.24, 2.45) is 13.0 Å². The predicted molar refractivity (Wildman–Crippen MR) is 112 cm³/mol. The van der Waals surface area contributed by atoms with Crippen molar-refractivity contribution in [3.63, 3.8) is 0 Å². The van der Waals surface area contributed by atoms with Crippen LogP contribution in [0.2, 0.25) is 0 Å². The molecule has 1 aliphatic rings. The summed E-state index contributed by atoms with van der Waals surface area (Å²) in [6.07, 6.45) is 0.788. The van der Waals surface area contributed by atoms with E-state index in [1.807, 2.05) is 4.57 Å². The number of imidazole rings is 1. The highest BCUT2D eigenvalue weighted by Gasteiger charge is 2.28. The Morgan fingerprint density at radius 2 is 1.75 bits per heavy atom. The van der Waals surface area contributed by atoms with Crippen LogP contribution in [0, 0.1) is 19.8 Å². The fourth-order valence-electron chi connectivity index (χ4n) is 4.01. The Bertz CT molecular complexity index is 1160. The van der Waals surface area contributed by atoms with Crippen molar-refractivity contribution in [3.05, 3.63) is 50.2 Å². The zero-order valence-electron chi connectivity index (χ0n) is 17.2. The molecule has 0 saturated carbocycles. The van der Waals surface area contributed by atoms with E-state index >= 15 is 0 Å². The van der Waals surface area contributed by atoms with Gasteiger partial charge in [0.2, 0.25) is 5.95 Å². The van der Waals surface area contributed by atoms with Crippen LogP contribution in [0.1, 0.15) is 31.4 Å². The Kier molecular flexibility index (Phi) is 4.40. The molecule has 0 aliphatic carbocycles. The molecule has 3 aromatic rings. The van der Waals surface area contributed by atoms with Gasteiger partial charge in [0.05, 0.1) is 0 Å². The second-order valence-electron chi connectivity index (χ2n) is 8.21. The molecule has 1 aromatic carbocycles. The average molecular weight is 381 g/mol. The van der Waals surface area contributed by atoms with Crippen molar-refractivity contribution < 1.29 is 0 Å². The molecule has 0 saturated heterocycles. The molecule has 2 aromatic heterocycles. The van der Waals surface area contributed by atoms with Gasteiger partial charge in [0.1, 0.15) is 0 Å². The van der Waals surface area contributed by atoms with Crippen LogP contribution in [-0.2, 0) is 20.1 Å². The van der Waals surface area contributed by atoms with Crippen LogP contribution in [0.25, 0.3) is 11.2 Å². The molecule has 0 atom stereocenters. The third-order valence-electron chi connectivity index (χ3n) is 5.45. The van der Waals surface area contributed by atoms with E-state index in [1.165, 1.54) is 20.3 Å². The molecule has 0 radical (unpaired) electrons. The zero-order valence-corrected chi connectivity index (χ0v) is 17.2. The summed E-state index contributed by atoms with van der Waals surface area (Å²) >= 11 is 0. The standard InChI is InChI=1S/C21H27N5O2/c1-13(2)6-7-26-19(27)17-18(23(5)21(26)28)22-20-24(8-9-25(17)20)16-11-14(3)10-15(4)12-16/h10-13H,6-9H2,1-5H3. The van der Waals surface area contributed by atoms with Gasteiger partial charge in [0.15, 0.2) is 11.2 Å². The lowest BCUT2D eigenvalue weighted by molar-refractivity contribution is 0.487. The number of aromatic nitrogens is 4. The third kappa shape index (κ3) is 2.85. The lowest BCUT2D eigenvalue weighted by Crippen LogP contribution is -2.40. The SMILES string of the molecule is Cc1cc(C)cc(N2CCn3c2nc2c3c(=O)n(CCC(C)C)c(=O)n2C)c1. The Labute approximate surface area is 163 Å². The van der Waals surface area contributed by atoms with Crippen molar-refractivity contribution in [3.8, 4) is 0 Å². The van der Waals surface area contributed by atoms with Crippen molar-refractivity contribution in [1.29, 1.82) is 0 Å². The third-order valence-corrected chi connectivity index (χ3v) is 5.45. The Morgan fingerprint density at radius 1 is 1.07 bits per heavy atom. The van der Waals surface area contributed by atoms with Crippen molar-refractivity contribution in [2.45, 2.75) is 47.2 Å². The summed E-state index contributed by atoms with van der Waals surface area (Å²) in [6, 6.07) is 6.39. The van der Waals surface area contributed by atoms with Gasteiger partial charge in [-0.1, -0.05) is 19.9 Å². The summed E-state index contributed by atoms with van der Waals surface area (Å²) in [5.74, 6) is 1.15. The number of rotatable bonds is 4. The summed E-state index contributed by atoms with van der Waals surface area (Å²) in [4.78, 5) is 32.7. The van der Waals surface area contributed by atoms with Gasteiger partial charge in [-0.3, -0.25) is 13.9 Å². The smallest absolute Gasteiger partial charge is 0.310 e. The van der Waals surface area contributed by atoms with Crippen LogP contribution in [0.15, 0.2) is 27.8 Å². The molecular weight excluding hydrogens is 354 g/mol. The molecule has 1 aliphatic heterocycles. The largest absolute Gasteiger partial charge is 0.332 e. The number of hydrogen-bond acceptors (Lipinski definition) is 4. The Hall–Kier alpha value is -2.83. The van der Waals surface area contributed by atoms with Gasteiger partial charge in [0, 0.05) is 32.4 Å². The van der Waals surface area contributed by atoms with Crippen molar-refractivity contribution in [2.75, 3.05) is 11.4 Å². The van der Waals surface area contributed by atoms with E-state index < -0.39 is 0 Å². The maximum absolute atomic E-state index is 13.2. The second-order valence-corrected chi connectivity index (χ2v) is 8.21. The van der Waals surface area contributed by atoms with Gasteiger partial charge in [-0.25, -0.2) is 4.79 Å². The number of nitrogens with zero attached hydrogens (tertiary/aromatic N) is 5. The topological polar surface area (TPSA) is 65.1 Å². The minimum Gasteiger partial charge on any atom is -0.310 e. The van der Waals surface area contributed by atoms with Crippen LogP contribution in [0.4, 0.5) is 11.6 Å². The van der Waals surface area contributed by atoms with Crippen LogP contribution < -0.4 is 16.1 Å². The van der Waals surface area contributed by atoms with Crippen LogP contribution >= 0.6 is 0 Å². The molecule has 0 bridgehead atoms. The monoisotopic (exact) mass is 381 g/mol. The van der Waals surface area contributed by atoms with Gasteiger partial charge in [-0.2, -0.15) is 4.98 Å². The molecule has 4 rings (SSSR count). The molecule has 3 heterocycles. The average Bonchev–Trinajstić information content (AvgIpc) is 3.17. The quantitative estimate of drug-likeness (QED) is 0.697. The summed E-state index contributed by atoms with van der Waals surface area (Å²) < 4.78 is 4.82. The van der Waals surface area contributed by atoms with Crippen LogP contribution in [0.3, 0.4) is 0 Å². The number of benzene rings is 1. The highest BCUT2D eigenvalue weighted by molar-refractivity contribution is 5.78. The summed E-state index contributed by atoms with van der Waals surface area (Å²) in [5, 5.41) is 0. The lowest BCUT2D eigenvalue weighted by Gasteiger charge is -2.17. The van der Waals surface area contributed by atoms with Gasteiger partial charge >= 0.3 is 5.69 Å². The fourth-order valence-corrected chi connectivity index (χ4v) is 4.01. The summed E-state index contributed by atoms with van der Waals surface area (Å²) in [7, 11) is 1.69. The predicted octanol–water partition coefficient (Wildman–Crippen LogP) is 2.71. The minimum atomic E-state index is -0.298. The van der Waals surface area contributed by atoms with E-state index in [-0.39, 0.29) is 11.2 Å². The van der Waals surface area contributed by atoms with Gasteiger partial charge in [-0.05, 0) is 49.4 Å². The number of aryl methyl sites for hydroxylation is 3. The van der Waals surface area contributed by atoms with Gasteiger partial charge in [-0.15, -0.1) is 0 Å². The highest BCUT2D eigenvalue weighted by atomic mass is 16.2. The van der Waals surface area contributed by atoms with Crippen LogP contribution in [-0.4, -0.2) is 25.2 Å². The van der Waals surface area contributed by atoms with E-state index in [9.17, 15) is 9.59 Å². The minimum absolute atomic E-state index is 0.236. The molecular formula is C21H27N5O2. The first-order chi connectivity index (χ1) is 13.3. The first-order valence-corrected chi connectivity index (χ1v) is 9.84. The van der Waals surface area contributed by atoms with E-state index in [0.717, 1.165) is 24.6 Å². The number of hydrogen-bond donors (Lipinski definition) is 0. The molecule has 7 heteroatoms. The number of fused-ring (bicyclic) bond motifs is 3. The zero-order chi connectivity index (χ0) is 20.2. The van der Waals surface area contributed by atoms with E-state index in [2.05, 4.69) is 50.8 Å². The van der Waals surface area contributed by atoms with Gasteiger partial charge < -0.3 is 9.47 Å². The maximum Gasteiger partial charge on any atom is 0.332 e. The fraction of sp³-hybridized carbons (Fsp3) is 0.476. The molecule has 28 heavy (non-hydrogen) atoms. The van der Waals surface area contributed by atoms with Gasteiger partial charge in [0.25, 0.3) is 5.56 Å². The highest BCUT2D eigenvalue weighted by Crippen LogP contribution is 2.32. The number of anilines is 2. The van der Waals surface area contributed by atoms with Crippen molar-refractivity contribution >= 4 is 22.8 Å². The molecule has 0 N–H and O–H groups in total. The van der Waals surface area contributed by atoms with E-state index in [4.69, 9.17) is 4.98 Å². The normalized spacial score (nSPS) is 13.7. The van der Waals surface area contributed by atoms with Crippen LogP contribution in [0.5, 0.6) is 0 Å². The summed E-state index contributed by atoms with van der Waals surface area (Å²) in [6.45, 7) is 10.2. The first-order valence-electron chi connectivity index (χ1n) is 9.84. The second kappa shape index (κ2) is 6.65.